The number of amides is 1. The van der Waals surface area contributed by atoms with Crippen molar-refractivity contribution in [2.24, 2.45) is 0 Å². The molecular formula is C18H20ClNO. The fourth-order valence-corrected chi connectivity index (χ4v) is 2.25. The summed E-state index contributed by atoms with van der Waals surface area (Å²) in [6, 6.07) is 15.4. The lowest BCUT2D eigenvalue weighted by Crippen LogP contribution is -2.14. The molecule has 1 N–H and O–H groups in total. The Labute approximate surface area is 131 Å². The average Bonchev–Trinajstić information content (AvgIpc) is 2.49. The van der Waals surface area contributed by atoms with Crippen molar-refractivity contribution in [2.75, 3.05) is 5.32 Å². The van der Waals surface area contributed by atoms with Crippen molar-refractivity contribution in [3.63, 3.8) is 0 Å². The third-order valence-electron chi connectivity index (χ3n) is 3.65. The highest BCUT2D eigenvalue weighted by Gasteiger charge is 2.06. The molecule has 0 aromatic heterocycles. The maximum atomic E-state index is 12.0. The summed E-state index contributed by atoms with van der Waals surface area (Å²) in [4.78, 5) is 12.0. The number of halogens is 1. The zero-order valence-corrected chi connectivity index (χ0v) is 13.2. The van der Waals surface area contributed by atoms with E-state index < -0.39 is 0 Å². The molecule has 2 aromatic carbocycles. The van der Waals surface area contributed by atoms with Gasteiger partial charge in [-0.05, 0) is 47.7 Å². The molecule has 21 heavy (non-hydrogen) atoms. The first kappa shape index (κ1) is 15.6. The van der Waals surface area contributed by atoms with Gasteiger partial charge in [0.05, 0.1) is 6.42 Å². The Morgan fingerprint density at radius 1 is 1.10 bits per heavy atom. The number of hydrogen-bond donors (Lipinski definition) is 1. The summed E-state index contributed by atoms with van der Waals surface area (Å²) >= 11 is 5.83. The molecule has 3 heteroatoms. The Bertz CT molecular complexity index is 590. The predicted molar refractivity (Wildman–Crippen MR) is 88.9 cm³/mol. The van der Waals surface area contributed by atoms with Gasteiger partial charge in [0, 0.05) is 10.7 Å². The first-order chi connectivity index (χ1) is 10.1. The molecule has 0 aliphatic carbocycles. The first-order valence-electron chi connectivity index (χ1n) is 7.22. The molecule has 0 heterocycles. The summed E-state index contributed by atoms with van der Waals surface area (Å²) < 4.78 is 0. The van der Waals surface area contributed by atoms with E-state index in [9.17, 15) is 4.79 Å². The van der Waals surface area contributed by atoms with Gasteiger partial charge in [0.25, 0.3) is 0 Å². The van der Waals surface area contributed by atoms with Gasteiger partial charge in [-0.15, -0.1) is 0 Å². The Morgan fingerprint density at radius 2 is 1.71 bits per heavy atom. The van der Waals surface area contributed by atoms with Gasteiger partial charge >= 0.3 is 0 Å². The summed E-state index contributed by atoms with van der Waals surface area (Å²) in [5.74, 6) is 0.525. The van der Waals surface area contributed by atoms with Crippen LogP contribution in [0.3, 0.4) is 0 Å². The minimum absolute atomic E-state index is 0.0198. The highest BCUT2D eigenvalue weighted by Crippen LogP contribution is 2.20. The number of benzene rings is 2. The van der Waals surface area contributed by atoms with Crippen LogP contribution in [0.2, 0.25) is 5.02 Å². The van der Waals surface area contributed by atoms with Gasteiger partial charge < -0.3 is 5.32 Å². The van der Waals surface area contributed by atoms with Crippen LogP contribution in [0.1, 0.15) is 37.3 Å². The normalized spacial score (nSPS) is 12.0. The van der Waals surface area contributed by atoms with Gasteiger partial charge in [0.2, 0.25) is 5.91 Å². The average molecular weight is 302 g/mol. The summed E-state index contributed by atoms with van der Waals surface area (Å²) in [6.07, 6.45) is 1.46. The van der Waals surface area contributed by atoms with Crippen molar-refractivity contribution in [1.82, 2.24) is 0 Å². The van der Waals surface area contributed by atoms with Crippen LogP contribution in [-0.4, -0.2) is 5.91 Å². The van der Waals surface area contributed by atoms with Crippen molar-refractivity contribution in [3.8, 4) is 0 Å². The topological polar surface area (TPSA) is 29.1 Å². The molecule has 2 aromatic rings. The molecule has 0 fully saturated rings. The molecular weight excluding hydrogens is 282 g/mol. The molecule has 2 rings (SSSR count). The molecule has 0 aliphatic heterocycles. The highest BCUT2D eigenvalue weighted by atomic mass is 35.5. The summed E-state index contributed by atoms with van der Waals surface area (Å²) in [7, 11) is 0. The predicted octanol–water partition coefficient (Wildman–Crippen LogP) is 5.03. The van der Waals surface area contributed by atoms with Crippen LogP contribution in [-0.2, 0) is 11.2 Å². The number of rotatable bonds is 5. The molecule has 0 spiro atoms. The molecule has 1 atom stereocenters. The number of carbonyl (C=O) groups is 1. The van der Waals surface area contributed by atoms with Gasteiger partial charge in [-0.2, -0.15) is 0 Å². The minimum Gasteiger partial charge on any atom is -0.326 e. The van der Waals surface area contributed by atoms with E-state index in [2.05, 4.69) is 31.3 Å². The Morgan fingerprint density at radius 3 is 2.29 bits per heavy atom. The van der Waals surface area contributed by atoms with Crippen LogP contribution < -0.4 is 5.32 Å². The largest absolute Gasteiger partial charge is 0.326 e. The van der Waals surface area contributed by atoms with E-state index in [1.165, 1.54) is 5.56 Å². The zero-order chi connectivity index (χ0) is 15.2. The quantitative estimate of drug-likeness (QED) is 0.824. The molecule has 110 valence electrons. The Hall–Kier alpha value is -1.80. The SMILES string of the molecule is CC[C@H](C)c1ccc(NC(=O)Cc2ccc(Cl)cc2)cc1. The van der Waals surface area contributed by atoms with Crippen LogP contribution in [0.15, 0.2) is 48.5 Å². The van der Waals surface area contributed by atoms with E-state index in [0.717, 1.165) is 17.7 Å². The Kier molecular flexibility index (Phi) is 5.40. The second kappa shape index (κ2) is 7.28. The van der Waals surface area contributed by atoms with E-state index in [4.69, 9.17) is 11.6 Å². The lowest BCUT2D eigenvalue weighted by molar-refractivity contribution is -0.115. The standard InChI is InChI=1S/C18H20ClNO/c1-3-13(2)15-6-10-17(11-7-15)20-18(21)12-14-4-8-16(19)9-5-14/h4-11,13H,3,12H2,1-2H3,(H,20,21)/t13-/m0/s1. The van der Waals surface area contributed by atoms with Crippen LogP contribution in [0.5, 0.6) is 0 Å². The van der Waals surface area contributed by atoms with E-state index in [-0.39, 0.29) is 5.91 Å². The minimum atomic E-state index is -0.0198. The van der Waals surface area contributed by atoms with Crippen LogP contribution >= 0.6 is 11.6 Å². The molecule has 1 amide bonds. The number of nitrogens with one attached hydrogen (secondary N) is 1. The zero-order valence-electron chi connectivity index (χ0n) is 12.4. The number of hydrogen-bond acceptors (Lipinski definition) is 1. The second-order valence-electron chi connectivity index (χ2n) is 5.28. The van der Waals surface area contributed by atoms with Crippen molar-refractivity contribution in [3.05, 3.63) is 64.7 Å². The fourth-order valence-electron chi connectivity index (χ4n) is 2.12. The fraction of sp³-hybridized carbons (Fsp3) is 0.278. The highest BCUT2D eigenvalue weighted by molar-refractivity contribution is 6.30. The molecule has 0 radical (unpaired) electrons. The summed E-state index contributed by atoms with van der Waals surface area (Å²) in [5.41, 5.74) is 3.09. The van der Waals surface area contributed by atoms with Gasteiger partial charge in [0.1, 0.15) is 0 Å². The third kappa shape index (κ3) is 4.61. The van der Waals surface area contributed by atoms with E-state index in [1.54, 1.807) is 12.1 Å². The van der Waals surface area contributed by atoms with E-state index >= 15 is 0 Å². The van der Waals surface area contributed by atoms with Crippen molar-refractivity contribution < 1.29 is 4.79 Å². The van der Waals surface area contributed by atoms with Gasteiger partial charge in [-0.3, -0.25) is 4.79 Å². The van der Waals surface area contributed by atoms with Gasteiger partial charge in [0.15, 0.2) is 0 Å². The van der Waals surface area contributed by atoms with Crippen LogP contribution in [0.25, 0.3) is 0 Å². The molecule has 0 bridgehead atoms. The maximum Gasteiger partial charge on any atom is 0.228 e. The van der Waals surface area contributed by atoms with E-state index in [0.29, 0.717) is 17.4 Å². The van der Waals surface area contributed by atoms with Gasteiger partial charge in [-0.1, -0.05) is 49.7 Å². The van der Waals surface area contributed by atoms with Crippen LogP contribution in [0.4, 0.5) is 5.69 Å². The summed E-state index contributed by atoms with van der Waals surface area (Å²) in [6.45, 7) is 4.38. The summed E-state index contributed by atoms with van der Waals surface area (Å²) in [5, 5.41) is 3.60. The monoisotopic (exact) mass is 301 g/mol. The molecule has 0 saturated heterocycles. The maximum absolute atomic E-state index is 12.0. The Balaban J connectivity index is 1.94. The number of carbonyl (C=O) groups excluding carboxylic acids is 1. The van der Waals surface area contributed by atoms with Gasteiger partial charge in [-0.25, -0.2) is 0 Å². The number of anilines is 1. The van der Waals surface area contributed by atoms with Crippen LogP contribution in [0, 0.1) is 0 Å². The van der Waals surface area contributed by atoms with Crippen molar-refractivity contribution in [2.45, 2.75) is 32.6 Å². The first-order valence-corrected chi connectivity index (χ1v) is 7.60. The molecule has 0 aliphatic rings. The molecule has 2 nitrogen and oxygen atoms in total. The molecule has 0 unspecified atom stereocenters. The molecule has 0 saturated carbocycles. The lowest BCUT2D eigenvalue weighted by atomic mass is 9.98. The van der Waals surface area contributed by atoms with Crippen molar-refractivity contribution >= 4 is 23.2 Å². The van der Waals surface area contributed by atoms with E-state index in [1.807, 2.05) is 24.3 Å². The van der Waals surface area contributed by atoms with Crippen molar-refractivity contribution in [1.29, 1.82) is 0 Å². The third-order valence-corrected chi connectivity index (χ3v) is 3.91. The smallest absolute Gasteiger partial charge is 0.228 e. The lowest BCUT2D eigenvalue weighted by Gasteiger charge is -2.10. The second-order valence-corrected chi connectivity index (χ2v) is 5.72.